The first-order valence-corrected chi connectivity index (χ1v) is 12.5. The predicted octanol–water partition coefficient (Wildman–Crippen LogP) is 4.26. The van der Waals surface area contributed by atoms with Crippen LogP contribution in [0.5, 0.6) is 0 Å². The monoisotopic (exact) mass is 476 g/mol. The molecule has 0 spiro atoms. The molecule has 1 saturated carbocycles. The van der Waals surface area contributed by atoms with E-state index in [9.17, 15) is 19.5 Å². The van der Waals surface area contributed by atoms with Crippen LogP contribution in [-0.2, 0) is 14.3 Å². The summed E-state index contributed by atoms with van der Waals surface area (Å²) in [6, 6.07) is 15.5. The van der Waals surface area contributed by atoms with E-state index in [1.165, 1.54) is 0 Å². The molecule has 3 aliphatic rings. The molecule has 2 amide bonds. The van der Waals surface area contributed by atoms with Gasteiger partial charge in [-0.15, -0.1) is 0 Å². The number of carbonyl (C=O) groups excluding carboxylic acids is 2. The molecule has 184 valence electrons. The number of benzene rings is 2. The second-order valence-corrected chi connectivity index (χ2v) is 10.5. The van der Waals surface area contributed by atoms with Crippen LogP contribution < -0.4 is 5.32 Å². The second-order valence-electron chi connectivity index (χ2n) is 10.5. The molecule has 3 atom stereocenters. The van der Waals surface area contributed by atoms with Crippen molar-refractivity contribution >= 4 is 18.0 Å². The van der Waals surface area contributed by atoms with Crippen molar-refractivity contribution in [2.24, 2.45) is 17.3 Å². The number of carbonyl (C=O) groups is 3. The van der Waals surface area contributed by atoms with Crippen LogP contribution >= 0.6 is 0 Å². The van der Waals surface area contributed by atoms with Gasteiger partial charge in [0.1, 0.15) is 12.6 Å². The van der Waals surface area contributed by atoms with Crippen molar-refractivity contribution in [3.8, 4) is 11.1 Å². The third kappa shape index (κ3) is 3.97. The molecule has 35 heavy (non-hydrogen) atoms. The fourth-order valence-corrected chi connectivity index (χ4v) is 6.28. The minimum atomic E-state index is -0.846. The minimum absolute atomic E-state index is 0.0220. The van der Waals surface area contributed by atoms with Gasteiger partial charge in [-0.3, -0.25) is 9.59 Å². The van der Waals surface area contributed by atoms with E-state index in [4.69, 9.17) is 4.74 Å². The van der Waals surface area contributed by atoms with Crippen LogP contribution in [-0.4, -0.2) is 53.7 Å². The molecule has 1 aliphatic heterocycles. The third-order valence-corrected chi connectivity index (χ3v) is 8.16. The molecule has 2 fully saturated rings. The molecule has 1 saturated heterocycles. The lowest BCUT2D eigenvalue weighted by Gasteiger charge is -2.28. The first-order chi connectivity index (χ1) is 16.8. The van der Waals surface area contributed by atoms with Crippen LogP contribution in [0, 0.1) is 17.3 Å². The van der Waals surface area contributed by atoms with Crippen LogP contribution in [0.2, 0.25) is 0 Å². The molecule has 7 nitrogen and oxygen atoms in total. The minimum Gasteiger partial charge on any atom is -0.481 e. The summed E-state index contributed by atoms with van der Waals surface area (Å²) in [6.45, 7) is 4.56. The number of carboxylic acid groups (broad SMARTS) is 1. The van der Waals surface area contributed by atoms with Gasteiger partial charge < -0.3 is 20.1 Å². The van der Waals surface area contributed by atoms with Gasteiger partial charge in [-0.05, 0) is 46.9 Å². The molecule has 0 radical (unpaired) electrons. The van der Waals surface area contributed by atoms with Crippen LogP contribution in [0.3, 0.4) is 0 Å². The van der Waals surface area contributed by atoms with Crippen molar-refractivity contribution in [2.75, 3.05) is 19.7 Å². The van der Waals surface area contributed by atoms with E-state index in [0.717, 1.165) is 35.1 Å². The largest absolute Gasteiger partial charge is 0.481 e. The van der Waals surface area contributed by atoms with E-state index in [1.807, 2.05) is 38.1 Å². The van der Waals surface area contributed by atoms with E-state index in [2.05, 4.69) is 29.6 Å². The summed E-state index contributed by atoms with van der Waals surface area (Å²) in [7, 11) is 0. The number of likely N-dealkylation sites (tertiary alicyclic amines) is 1. The van der Waals surface area contributed by atoms with Crippen LogP contribution in [0.1, 0.15) is 50.2 Å². The van der Waals surface area contributed by atoms with Crippen molar-refractivity contribution in [1.29, 1.82) is 0 Å². The Morgan fingerprint density at radius 1 is 1.09 bits per heavy atom. The topological polar surface area (TPSA) is 95.9 Å². The van der Waals surface area contributed by atoms with Crippen LogP contribution in [0.4, 0.5) is 4.79 Å². The Balaban J connectivity index is 1.25. The number of fused-ring (bicyclic) bond motifs is 4. The highest BCUT2D eigenvalue weighted by molar-refractivity contribution is 5.88. The van der Waals surface area contributed by atoms with Crippen molar-refractivity contribution < 1.29 is 24.2 Å². The highest BCUT2D eigenvalue weighted by Gasteiger charge is 2.56. The lowest BCUT2D eigenvalue weighted by atomic mass is 9.81. The zero-order chi connectivity index (χ0) is 24.7. The summed E-state index contributed by atoms with van der Waals surface area (Å²) >= 11 is 0. The average molecular weight is 477 g/mol. The molecule has 0 unspecified atom stereocenters. The molecular weight excluding hydrogens is 444 g/mol. The summed E-state index contributed by atoms with van der Waals surface area (Å²) in [5.41, 5.74) is 3.71. The maximum absolute atomic E-state index is 13.4. The lowest BCUT2D eigenvalue weighted by Crippen LogP contribution is -2.51. The molecule has 0 bridgehead atoms. The molecule has 7 heteroatoms. The molecular formula is C28H32N2O5. The van der Waals surface area contributed by atoms with Crippen LogP contribution in [0.25, 0.3) is 11.1 Å². The number of aliphatic carboxylic acids is 1. The van der Waals surface area contributed by atoms with Gasteiger partial charge in [-0.2, -0.15) is 0 Å². The van der Waals surface area contributed by atoms with E-state index in [1.54, 1.807) is 4.90 Å². The second kappa shape index (κ2) is 9.02. The number of hydrogen-bond donors (Lipinski definition) is 2. The zero-order valence-electron chi connectivity index (χ0n) is 20.2. The maximum Gasteiger partial charge on any atom is 0.407 e. The van der Waals surface area contributed by atoms with E-state index in [-0.39, 0.29) is 36.8 Å². The van der Waals surface area contributed by atoms with Crippen LogP contribution in [0.15, 0.2) is 48.5 Å². The van der Waals surface area contributed by atoms with Gasteiger partial charge in [-0.1, -0.05) is 68.8 Å². The zero-order valence-corrected chi connectivity index (χ0v) is 20.2. The van der Waals surface area contributed by atoms with Crippen molar-refractivity contribution in [3.05, 3.63) is 59.7 Å². The maximum atomic E-state index is 13.4. The van der Waals surface area contributed by atoms with E-state index in [0.29, 0.717) is 13.0 Å². The standard InChI is InChI=1S/C28H32N2O5/c1-17(2)24(25(31)30-14-18-8-7-13-28(18,16-30)26(32)33)29-27(34)35-15-23-21-11-5-3-9-19(21)20-10-4-6-12-22(20)23/h3-6,9-12,17-18,23-24H,7-8,13-16H2,1-2H3,(H,29,34)(H,32,33)/t18-,24+,28-/m1/s1. The van der Waals surface area contributed by atoms with E-state index >= 15 is 0 Å². The molecule has 2 aromatic rings. The first kappa shape index (κ1) is 23.4. The molecule has 2 aromatic carbocycles. The summed E-state index contributed by atoms with van der Waals surface area (Å²) in [5, 5.41) is 12.6. The van der Waals surface area contributed by atoms with Gasteiger partial charge in [0.05, 0.1) is 5.41 Å². The Kier molecular flexibility index (Phi) is 6.03. The lowest BCUT2D eigenvalue weighted by molar-refractivity contribution is -0.149. The van der Waals surface area contributed by atoms with Gasteiger partial charge in [0.2, 0.25) is 5.91 Å². The number of hydrogen-bond acceptors (Lipinski definition) is 4. The summed E-state index contributed by atoms with van der Waals surface area (Å²) in [4.78, 5) is 39.8. The molecule has 5 rings (SSSR count). The van der Waals surface area contributed by atoms with Gasteiger partial charge in [0.25, 0.3) is 0 Å². The van der Waals surface area contributed by atoms with Gasteiger partial charge in [0, 0.05) is 19.0 Å². The fourth-order valence-electron chi connectivity index (χ4n) is 6.28. The first-order valence-electron chi connectivity index (χ1n) is 12.5. The summed E-state index contributed by atoms with van der Waals surface area (Å²) < 4.78 is 5.65. The number of rotatable bonds is 6. The Morgan fingerprint density at radius 2 is 1.71 bits per heavy atom. The van der Waals surface area contributed by atoms with Gasteiger partial charge in [0.15, 0.2) is 0 Å². The van der Waals surface area contributed by atoms with Gasteiger partial charge >= 0.3 is 12.1 Å². The predicted molar refractivity (Wildman–Crippen MR) is 131 cm³/mol. The fraction of sp³-hybridized carbons (Fsp3) is 0.464. The molecule has 1 heterocycles. The number of carboxylic acids is 1. The highest BCUT2D eigenvalue weighted by Crippen LogP contribution is 2.49. The average Bonchev–Trinajstić information content (AvgIpc) is 3.50. The number of nitrogens with one attached hydrogen (secondary N) is 1. The Hall–Kier alpha value is -3.35. The molecule has 2 aliphatic carbocycles. The Bertz CT molecular complexity index is 1120. The van der Waals surface area contributed by atoms with Crippen molar-refractivity contribution in [2.45, 2.75) is 45.1 Å². The number of alkyl carbamates (subject to hydrolysis) is 1. The Labute approximate surface area is 205 Å². The number of amides is 2. The SMILES string of the molecule is CC(C)[C@H](NC(=O)OCC1c2ccccc2-c2ccccc21)C(=O)N1C[C@H]2CCC[C@@]2(C(=O)O)C1. The van der Waals surface area contributed by atoms with Crippen molar-refractivity contribution in [1.82, 2.24) is 10.2 Å². The smallest absolute Gasteiger partial charge is 0.407 e. The quantitative estimate of drug-likeness (QED) is 0.649. The number of nitrogens with zero attached hydrogens (tertiary/aromatic N) is 1. The molecule has 0 aromatic heterocycles. The van der Waals surface area contributed by atoms with E-state index < -0.39 is 23.5 Å². The summed E-state index contributed by atoms with van der Waals surface area (Å²) in [5.74, 6) is -1.30. The summed E-state index contributed by atoms with van der Waals surface area (Å²) in [6.07, 6.45) is 1.67. The third-order valence-electron chi connectivity index (χ3n) is 8.16. The van der Waals surface area contributed by atoms with Gasteiger partial charge in [-0.25, -0.2) is 4.79 Å². The molecule has 2 N–H and O–H groups in total. The number of ether oxygens (including phenoxy) is 1. The normalized spacial score (nSPS) is 23.5. The Morgan fingerprint density at radius 3 is 2.29 bits per heavy atom. The van der Waals surface area contributed by atoms with Crippen molar-refractivity contribution in [3.63, 3.8) is 0 Å². The highest BCUT2D eigenvalue weighted by atomic mass is 16.5.